The summed E-state index contributed by atoms with van der Waals surface area (Å²) in [6, 6.07) is 0. The van der Waals surface area contributed by atoms with Gasteiger partial charge in [-0.25, -0.2) is 5.06 Å². The minimum absolute atomic E-state index is 0.236. The Morgan fingerprint density at radius 2 is 2.00 bits per heavy atom. The highest BCUT2D eigenvalue weighted by Gasteiger charge is 2.21. The van der Waals surface area contributed by atoms with E-state index in [1.807, 2.05) is 27.0 Å². The van der Waals surface area contributed by atoms with E-state index in [4.69, 9.17) is 4.84 Å². The van der Waals surface area contributed by atoms with Gasteiger partial charge in [-0.05, 0) is 26.7 Å². The minimum Gasteiger partial charge on any atom is -0.384 e. The molecule has 0 fully saturated rings. The molecular formula is C12H20BrNO. The van der Waals surface area contributed by atoms with Crippen LogP contribution in [0.15, 0.2) is 37.3 Å². The lowest BCUT2D eigenvalue weighted by molar-refractivity contribution is -0.0731. The Kier molecular flexibility index (Phi) is 5.73. The maximum atomic E-state index is 5.53. The van der Waals surface area contributed by atoms with Crippen LogP contribution in [0.25, 0.3) is 0 Å². The number of hydrogen-bond donors (Lipinski definition) is 0. The lowest BCUT2D eigenvalue weighted by atomic mass is 10.2. The Morgan fingerprint density at radius 1 is 1.47 bits per heavy atom. The van der Waals surface area contributed by atoms with Crippen LogP contribution in [0.2, 0.25) is 0 Å². The number of allylic oxidation sites excluding steroid dienone is 3. The standard InChI is InChI=1S/C12H20BrNO/c1-7-8-9-10(2)14(6)15-11(3)12(4,5)13/h7H,1-3,8-9H2,4-6H3. The number of nitrogens with zero attached hydrogens (tertiary/aromatic N) is 1. The molecule has 0 aliphatic rings. The van der Waals surface area contributed by atoms with E-state index in [2.05, 4.69) is 35.7 Å². The fourth-order valence-electron chi connectivity index (χ4n) is 0.764. The fourth-order valence-corrected chi connectivity index (χ4v) is 0.837. The first kappa shape index (κ1) is 14.3. The number of alkyl halides is 1. The predicted octanol–water partition coefficient (Wildman–Crippen LogP) is 4.02. The molecule has 0 saturated heterocycles. The van der Waals surface area contributed by atoms with Gasteiger partial charge >= 0.3 is 0 Å². The molecule has 0 aromatic carbocycles. The average molecular weight is 274 g/mol. The van der Waals surface area contributed by atoms with E-state index in [0.29, 0.717) is 5.76 Å². The van der Waals surface area contributed by atoms with Crippen molar-refractivity contribution in [3.8, 4) is 0 Å². The Labute approximate surface area is 101 Å². The molecule has 3 heteroatoms. The quantitative estimate of drug-likeness (QED) is 0.301. The Bertz CT molecular complexity index is 253. The molecule has 0 aliphatic carbocycles. The maximum absolute atomic E-state index is 5.53. The summed E-state index contributed by atoms with van der Waals surface area (Å²) in [5.41, 5.74) is 0.910. The third kappa shape index (κ3) is 5.67. The van der Waals surface area contributed by atoms with Crippen molar-refractivity contribution in [2.24, 2.45) is 0 Å². The van der Waals surface area contributed by atoms with Crippen molar-refractivity contribution in [2.75, 3.05) is 7.05 Å². The monoisotopic (exact) mass is 273 g/mol. The molecule has 0 unspecified atom stereocenters. The highest BCUT2D eigenvalue weighted by atomic mass is 79.9. The molecule has 0 rings (SSSR count). The highest BCUT2D eigenvalue weighted by Crippen LogP contribution is 2.27. The second-order valence-corrected chi connectivity index (χ2v) is 5.86. The van der Waals surface area contributed by atoms with Crippen molar-refractivity contribution in [3.63, 3.8) is 0 Å². The van der Waals surface area contributed by atoms with Gasteiger partial charge in [-0.15, -0.1) is 6.58 Å². The van der Waals surface area contributed by atoms with Crippen molar-refractivity contribution in [2.45, 2.75) is 31.0 Å². The molecule has 0 bridgehead atoms. The van der Waals surface area contributed by atoms with Crippen molar-refractivity contribution in [3.05, 3.63) is 37.3 Å². The zero-order valence-electron chi connectivity index (χ0n) is 9.85. The minimum atomic E-state index is -0.236. The van der Waals surface area contributed by atoms with Gasteiger partial charge in [-0.3, -0.25) is 0 Å². The van der Waals surface area contributed by atoms with Crippen molar-refractivity contribution < 1.29 is 4.84 Å². The van der Waals surface area contributed by atoms with Gasteiger partial charge in [-0.2, -0.15) is 0 Å². The van der Waals surface area contributed by atoms with E-state index in [9.17, 15) is 0 Å². The number of rotatable bonds is 7. The van der Waals surface area contributed by atoms with Crippen LogP contribution >= 0.6 is 15.9 Å². The van der Waals surface area contributed by atoms with Gasteiger partial charge in [0, 0.05) is 12.7 Å². The second kappa shape index (κ2) is 6.01. The first-order valence-corrected chi connectivity index (χ1v) is 5.67. The summed E-state index contributed by atoms with van der Waals surface area (Å²) in [6.07, 6.45) is 3.61. The number of halogens is 1. The van der Waals surface area contributed by atoms with E-state index in [0.717, 1.165) is 18.5 Å². The Hall–Kier alpha value is -0.700. The average Bonchev–Trinajstić information content (AvgIpc) is 2.12. The van der Waals surface area contributed by atoms with Gasteiger partial charge in [0.1, 0.15) is 5.76 Å². The molecule has 0 amide bonds. The smallest absolute Gasteiger partial charge is 0.141 e. The van der Waals surface area contributed by atoms with Crippen LogP contribution in [0.1, 0.15) is 26.7 Å². The van der Waals surface area contributed by atoms with Crippen molar-refractivity contribution in [1.82, 2.24) is 5.06 Å². The molecule has 0 radical (unpaired) electrons. The van der Waals surface area contributed by atoms with Crippen LogP contribution in [0, 0.1) is 0 Å². The van der Waals surface area contributed by atoms with E-state index in [1.165, 1.54) is 0 Å². The van der Waals surface area contributed by atoms with Crippen LogP contribution in [0.3, 0.4) is 0 Å². The van der Waals surface area contributed by atoms with Gasteiger partial charge in [0.2, 0.25) is 0 Å². The third-order valence-corrected chi connectivity index (χ3v) is 2.43. The zero-order chi connectivity index (χ0) is 12.1. The summed E-state index contributed by atoms with van der Waals surface area (Å²) in [7, 11) is 1.83. The van der Waals surface area contributed by atoms with Crippen LogP contribution in [0.4, 0.5) is 0 Å². The van der Waals surface area contributed by atoms with Gasteiger partial charge < -0.3 is 4.84 Å². The lowest BCUT2D eigenvalue weighted by Crippen LogP contribution is -2.24. The fraction of sp³-hybridized carbons (Fsp3) is 0.500. The molecule has 0 N–H and O–H groups in total. The number of hydroxylamine groups is 2. The summed E-state index contributed by atoms with van der Waals surface area (Å²) in [4.78, 5) is 5.53. The largest absolute Gasteiger partial charge is 0.384 e. The first-order valence-electron chi connectivity index (χ1n) is 4.87. The molecule has 0 aliphatic heterocycles. The number of hydrogen-bond acceptors (Lipinski definition) is 2. The summed E-state index contributed by atoms with van der Waals surface area (Å²) in [5, 5.41) is 1.65. The summed E-state index contributed by atoms with van der Waals surface area (Å²) >= 11 is 3.48. The first-order chi connectivity index (χ1) is 6.79. The lowest BCUT2D eigenvalue weighted by Gasteiger charge is -2.27. The Balaban J connectivity index is 4.13. The van der Waals surface area contributed by atoms with Crippen LogP contribution in [0.5, 0.6) is 0 Å². The van der Waals surface area contributed by atoms with E-state index in [1.54, 1.807) is 5.06 Å². The third-order valence-electron chi connectivity index (χ3n) is 1.99. The van der Waals surface area contributed by atoms with Gasteiger partial charge in [-0.1, -0.05) is 35.2 Å². The molecule has 0 atom stereocenters. The van der Waals surface area contributed by atoms with Crippen molar-refractivity contribution in [1.29, 1.82) is 0 Å². The van der Waals surface area contributed by atoms with Crippen LogP contribution < -0.4 is 0 Å². The summed E-state index contributed by atoms with van der Waals surface area (Å²) in [6.45, 7) is 15.4. The molecular weight excluding hydrogens is 254 g/mol. The van der Waals surface area contributed by atoms with Crippen LogP contribution in [-0.4, -0.2) is 16.4 Å². The molecule has 2 nitrogen and oxygen atoms in total. The molecule has 0 spiro atoms. The SMILES string of the molecule is C=CCCC(=C)N(C)OC(=C)C(C)(C)Br. The van der Waals surface area contributed by atoms with Crippen LogP contribution in [-0.2, 0) is 4.84 Å². The van der Waals surface area contributed by atoms with Crippen molar-refractivity contribution >= 4 is 15.9 Å². The van der Waals surface area contributed by atoms with Gasteiger partial charge in [0.05, 0.1) is 4.32 Å². The molecule has 15 heavy (non-hydrogen) atoms. The topological polar surface area (TPSA) is 12.5 Å². The van der Waals surface area contributed by atoms with E-state index >= 15 is 0 Å². The van der Waals surface area contributed by atoms with Gasteiger partial charge in [0.15, 0.2) is 0 Å². The van der Waals surface area contributed by atoms with E-state index < -0.39 is 0 Å². The summed E-state index contributed by atoms with van der Waals surface area (Å²) in [5.74, 6) is 0.657. The second-order valence-electron chi connectivity index (χ2n) is 3.88. The zero-order valence-corrected chi connectivity index (χ0v) is 11.4. The summed E-state index contributed by atoms with van der Waals surface area (Å²) < 4.78 is -0.236. The normalized spacial score (nSPS) is 10.7. The Morgan fingerprint density at radius 3 is 2.40 bits per heavy atom. The van der Waals surface area contributed by atoms with E-state index in [-0.39, 0.29) is 4.32 Å². The molecule has 0 aromatic rings. The maximum Gasteiger partial charge on any atom is 0.141 e. The molecule has 0 saturated carbocycles. The molecule has 0 heterocycles. The highest BCUT2D eigenvalue weighted by molar-refractivity contribution is 9.10. The molecule has 0 aromatic heterocycles. The molecule has 86 valence electrons. The van der Waals surface area contributed by atoms with Gasteiger partial charge in [0.25, 0.3) is 0 Å². The predicted molar refractivity (Wildman–Crippen MR) is 69.6 cm³/mol.